The lowest BCUT2D eigenvalue weighted by Gasteiger charge is -2.04. The van der Waals surface area contributed by atoms with Crippen LogP contribution in [-0.4, -0.2) is 9.78 Å². The van der Waals surface area contributed by atoms with Crippen LogP contribution in [0.2, 0.25) is 0 Å². The molecule has 6 heteroatoms. The summed E-state index contributed by atoms with van der Waals surface area (Å²) in [6.45, 7) is 0.751. The maximum absolute atomic E-state index is 12.4. The molecule has 3 nitrogen and oxygen atoms in total. The van der Waals surface area contributed by atoms with E-state index in [-0.39, 0.29) is 0 Å². The van der Waals surface area contributed by atoms with Gasteiger partial charge < -0.3 is 5.73 Å². The molecule has 0 fully saturated rings. The van der Waals surface area contributed by atoms with Crippen molar-refractivity contribution < 1.29 is 13.2 Å². The Morgan fingerprint density at radius 2 is 1.72 bits per heavy atom. The van der Waals surface area contributed by atoms with Gasteiger partial charge in [0, 0.05) is 12.7 Å². The average molecular weight is 255 g/mol. The highest BCUT2D eigenvalue weighted by atomic mass is 19.4. The first-order chi connectivity index (χ1) is 8.49. The largest absolute Gasteiger partial charge is 0.419 e. The first-order valence-electron chi connectivity index (χ1n) is 5.36. The van der Waals surface area contributed by atoms with Crippen molar-refractivity contribution in [3.05, 3.63) is 53.3 Å². The molecule has 0 atom stereocenters. The molecular formula is C12H12F3N3. The molecule has 0 bridgehead atoms. The van der Waals surface area contributed by atoms with Crippen LogP contribution in [0.25, 0.3) is 0 Å². The van der Waals surface area contributed by atoms with Crippen LogP contribution in [0.1, 0.15) is 16.7 Å². The van der Waals surface area contributed by atoms with Gasteiger partial charge in [-0.05, 0) is 11.1 Å². The van der Waals surface area contributed by atoms with E-state index >= 15 is 0 Å². The minimum absolute atomic E-state index is 0.306. The fraction of sp³-hybridized carbons (Fsp3) is 0.250. The molecule has 96 valence electrons. The Morgan fingerprint density at radius 1 is 1.11 bits per heavy atom. The molecule has 1 aromatic carbocycles. The third-order valence-electron chi connectivity index (χ3n) is 2.56. The minimum Gasteiger partial charge on any atom is -0.326 e. The van der Waals surface area contributed by atoms with Crippen LogP contribution in [-0.2, 0) is 19.3 Å². The van der Waals surface area contributed by atoms with Gasteiger partial charge >= 0.3 is 6.18 Å². The first kappa shape index (κ1) is 12.6. The third-order valence-corrected chi connectivity index (χ3v) is 2.56. The maximum Gasteiger partial charge on any atom is 0.419 e. The van der Waals surface area contributed by atoms with Crippen molar-refractivity contribution in [2.24, 2.45) is 5.73 Å². The van der Waals surface area contributed by atoms with Crippen molar-refractivity contribution in [3.8, 4) is 0 Å². The quantitative estimate of drug-likeness (QED) is 0.915. The molecule has 0 saturated heterocycles. The molecule has 0 saturated carbocycles. The standard InChI is InChI=1S/C12H12F3N3/c13-12(14,15)11-6-17-18(8-11)7-10-3-1-9(5-16)2-4-10/h1-4,6,8H,5,7,16H2. The van der Waals surface area contributed by atoms with Gasteiger partial charge in [0.05, 0.1) is 18.3 Å². The van der Waals surface area contributed by atoms with Crippen LogP contribution < -0.4 is 5.73 Å². The lowest BCUT2D eigenvalue weighted by atomic mass is 10.1. The van der Waals surface area contributed by atoms with Gasteiger partial charge in [-0.2, -0.15) is 18.3 Å². The summed E-state index contributed by atoms with van der Waals surface area (Å²) in [4.78, 5) is 0. The van der Waals surface area contributed by atoms with Crippen LogP contribution in [0.4, 0.5) is 13.2 Å². The number of nitrogens with two attached hydrogens (primary N) is 1. The van der Waals surface area contributed by atoms with Crippen LogP contribution in [0.15, 0.2) is 36.7 Å². The summed E-state index contributed by atoms with van der Waals surface area (Å²) < 4.78 is 38.4. The smallest absolute Gasteiger partial charge is 0.326 e. The second kappa shape index (κ2) is 4.81. The Morgan fingerprint density at radius 3 is 2.22 bits per heavy atom. The van der Waals surface area contributed by atoms with Crippen LogP contribution in [0.5, 0.6) is 0 Å². The van der Waals surface area contributed by atoms with Gasteiger partial charge in [-0.15, -0.1) is 0 Å². The molecule has 0 spiro atoms. The minimum atomic E-state index is -4.35. The summed E-state index contributed by atoms with van der Waals surface area (Å²) >= 11 is 0. The van der Waals surface area contributed by atoms with E-state index in [1.54, 1.807) is 0 Å². The molecule has 0 aliphatic carbocycles. The van der Waals surface area contributed by atoms with Crippen molar-refractivity contribution in [2.75, 3.05) is 0 Å². The number of rotatable bonds is 3. The summed E-state index contributed by atoms with van der Waals surface area (Å²) in [5.41, 5.74) is 6.59. The van der Waals surface area contributed by atoms with Crippen LogP contribution in [0.3, 0.4) is 0 Å². The SMILES string of the molecule is NCc1ccc(Cn2cc(C(F)(F)F)cn2)cc1. The van der Waals surface area contributed by atoms with Crippen molar-refractivity contribution in [2.45, 2.75) is 19.3 Å². The second-order valence-corrected chi connectivity index (χ2v) is 3.94. The van der Waals surface area contributed by atoms with E-state index in [0.717, 1.165) is 23.5 Å². The molecule has 0 aliphatic rings. The predicted molar refractivity (Wildman–Crippen MR) is 60.7 cm³/mol. The fourth-order valence-corrected chi connectivity index (χ4v) is 1.56. The highest BCUT2D eigenvalue weighted by Crippen LogP contribution is 2.28. The van der Waals surface area contributed by atoms with Crippen LogP contribution in [0, 0.1) is 0 Å². The topological polar surface area (TPSA) is 43.8 Å². The number of alkyl halides is 3. The number of benzene rings is 1. The van der Waals surface area contributed by atoms with Crippen molar-refractivity contribution in [3.63, 3.8) is 0 Å². The molecular weight excluding hydrogens is 243 g/mol. The zero-order chi connectivity index (χ0) is 13.2. The molecule has 0 radical (unpaired) electrons. The highest BCUT2D eigenvalue weighted by molar-refractivity contribution is 5.22. The Kier molecular flexibility index (Phi) is 3.38. The average Bonchev–Trinajstić information content (AvgIpc) is 2.78. The Balaban J connectivity index is 2.11. The Bertz CT molecular complexity index is 514. The van der Waals surface area contributed by atoms with Gasteiger partial charge in [-0.25, -0.2) is 0 Å². The van der Waals surface area contributed by atoms with E-state index < -0.39 is 11.7 Å². The van der Waals surface area contributed by atoms with Gasteiger partial charge in [0.2, 0.25) is 0 Å². The van der Waals surface area contributed by atoms with E-state index in [2.05, 4.69) is 5.10 Å². The lowest BCUT2D eigenvalue weighted by Crippen LogP contribution is -2.04. The van der Waals surface area contributed by atoms with Crippen LogP contribution >= 0.6 is 0 Å². The number of halogens is 3. The van der Waals surface area contributed by atoms with Gasteiger partial charge in [-0.3, -0.25) is 4.68 Å². The Labute approximate surface area is 102 Å². The molecule has 0 amide bonds. The van der Waals surface area contributed by atoms with Gasteiger partial charge in [0.25, 0.3) is 0 Å². The molecule has 0 aliphatic heterocycles. The van der Waals surface area contributed by atoms with Crippen molar-refractivity contribution >= 4 is 0 Å². The van der Waals surface area contributed by atoms with Gasteiger partial charge in [0.1, 0.15) is 0 Å². The van der Waals surface area contributed by atoms with Crippen molar-refractivity contribution in [1.82, 2.24) is 9.78 Å². The monoisotopic (exact) mass is 255 g/mol. The maximum atomic E-state index is 12.4. The number of hydrogen-bond acceptors (Lipinski definition) is 2. The fourth-order valence-electron chi connectivity index (χ4n) is 1.56. The number of aromatic nitrogens is 2. The summed E-state index contributed by atoms with van der Waals surface area (Å²) in [5.74, 6) is 0. The zero-order valence-corrected chi connectivity index (χ0v) is 9.48. The van der Waals surface area contributed by atoms with E-state index in [1.165, 1.54) is 4.68 Å². The molecule has 2 aromatic rings. The summed E-state index contributed by atoms with van der Waals surface area (Å²) in [6.07, 6.45) is -2.52. The third kappa shape index (κ3) is 2.89. The zero-order valence-electron chi connectivity index (χ0n) is 9.48. The first-order valence-corrected chi connectivity index (χ1v) is 5.36. The molecule has 18 heavy (non-hydrogen) atoms. The highest BCUT2D eigenvalue weighted by Gasteiger charge is 2.32. The predicted octanol–water partition coefficient (Wildman–Crippen LogP) is 2.41. The van der Waals surface area contributed by atoms with E-state index in [0.29, 0.717) is 13.1 Å². The molecule has 0 unspecified atom stereocenters. The lowest BCUT2D eigenvalue weighted by molar-refractivity contribution is -0.137. The van der Waals surface area contributed by atoms with Gasteiger partial charge in [-0.1, -0.05) is 24.3 Å². The summed E-state index contributed by atoms with van der Waals surface area (Å²) in [7, 11) is 0. The van der Waals surface area contributed by atoms with E-state index in [1.807, 2.05) is 24.3 Å². The van der Waals surface area contributed by atoms with Crippen molar-refractivity contribution in [1.29, 1.82) is 0 Å². The number of nitrogens with zero attached hydrogens (tertiary/aromatic N) is 2. The summed E-state index contributed by atoms with van der Waals surface area (Å²) in [5, 5.41) is 3.69. The molecule has 2 rings (SSSR count). The molecule has 2 N–H and O–H groups in total. The van der Waals surface area contributed by atoms with Gasteiger partial charge in [0.15, 0.2) is 0 Å². The summed E-state index contributed by atoms with van der Waals surface area (Å²) in [6, 6.07) is 7.36. The molecule has 1 heterocycles. The normalized spacial score (nSPS) is 11.8. The van der Waals surface area contributed by atoms with E-state index in [9.17, 15) is 13.2 Å². The van der Waals surface area contributed by atoms with E-state index in [4.69, 9.17) is 5.73 Å². The number of hydrogen-bond donors (Lipinski definition) is 1. The Hall–Kier alpha value is -1.82. The molecule has 1 aromatic heterocycles. The second-order valence-electron chi connectivity index (χ2n) is 3.94.